The maximum absolute atomic E-state index is 13.0. The molecule has 0 saturated carbocycles. The average molecular weight is 377 g/mol. The Morgan fingerprint density at radius 3 is 2.82 bits per heavy atom. The van der Waals surface area contributed by atoms with Crippen molar-refractivity contribution in [3.8, 4) is 5.75 Å². The molecule has 0 aliphatic carbocycles. The summed E-state index contributed by atoms with van der Waals surface area (Å²) in [5.41, 5.74) is 5.12. The van der Waals surface area contributed by atoms with Gasteiger partial charge in [0.1, 0.15) is 17.5 Å². The number of rotatable bonds is 4. The van der Waals surface area contributed by atoms with Crippen LogP contribution in [-0.2, 0) is 0 Å². The topological polar surface area (TPSA) is 48.6 Å². The van der Waals surface area contributed by atoms with Gasteiger partial charge in [0.15, 0.2) is 0 Å². The number of anilines is 1. The summed E-state index contributed by atoms with van der Waals surface area (Å²) in [6, 6.07) is 14.3. The second-order valence-corrected chi connectivity index (χ2v) is 7.66. The largest absolute Gasteiger partial charge is 0.485 e. The van der Waals surface area contributed by atoms with Crippen molar-refractivity contribution in [1.29, 1.82) is 0 Å². The van der Waals surface area contributed by atoms with E-state index in [0.717, 1.165) is 35.4 Å². The quantitative estimate of drug-likeness (QED) is 0.743. The third-order valence-electron chi connectivity index (χ3n) is 5.45. The highest BCUT2D eigenvalue weighted by Gasteiger charge is 2.27. The van der Waals surface area contributed by atoms with E-state index in [-0.39, 0.29) is 12.0 Å². The van der Waals surface area contributed by atoms with Gasteiger partial charge in [-0.25, -0.2) is 0 Å². The zero-order chi connectivity index (χ0) is 19.8. The second-order valence-electron chi connectivity index (χ2n) is 7.66. The summed E-state index contributed by atoms with van der Waals surface area (Å²) in [5.74, 6) is 0.872. The Morgan fingerprint density at radius 1 is 1.25 bits per heavy atom. The summed E-state index contributed by atoms with van der Waals surface area (Å²) in [6.07, 6.45) is -0.0582. The van der Waals surface area contributed by atoms with E-state index in [4.69, 9.17) is 4.74 Å². The Balaban J connectivity index is 1.52. The van der Waals surface area contributed by atoms with Crippen LogP contribution >= 0.6 is 0 Å². The molecule has 146 valence electrons. The van der Waals surface area contributed by atoms with Crippen LogP contribution in [0.2, 0.25) is 0 Å². The number of aryl methyl sites for hydroxylation is 2. The van der Waals surface area contributed by atoms with Crippen molar-refractivity contribution in [2.24, 2.45) is 0 Å². The Kier molecular flexibility index (Phi) is 4.75. The first kappa shape index (κ1) is 18.4. The van der Waals surface area contributed by atoms with E-state index >= 15 is 0 Å². The van der Waals surface area contributed by atoms with Crippen molar-refractivity contribution < 1.29 is 9.53 Å². The van der Waals surface area contributed by atoms with Gasteiger partial charge < -0.3 is 19.5 Å². The van der Waals surface area contributed by atoms with Crippen LogP contribution in [0.3, 0.4) is 0 Å². The second kappa shape index (κ2) is 7.23. The van der Waals surface area contributed by atoms with Gasteiger partial charge in [0.25, 0.3) is 5.91 Å². The van der Waals surface area contributed by atoms with Gasteiger partial charge in [0.2, 0.25) is 0 Å². The third-order valence-corrected chi connectivity index (χ3v) is 5.45. The fourth-order valence-electron chi connectivity index (χ4n) is 4.08. The standard InChI is InChI=1S/C23H27N3O2/c1-5-26-14-17(28-22-9-7-6-8-21(22)26)13-25(4)23(27)20-12-18-16(3)10-15(2)11-19(18)24-20/h6-12,17,24H,5,13-14H2,1-4H3/t17-/m1/s1. The highest BCUT2D eigenvalue weighted by atomic mass is 16.5. The van der Waals surface area contributed by atoms with Crippen LogP contribution in [0.5, 0.6) is 5.75 Å². The van der Waals surface area contributed by atoms with E-state index < -0.39 is 0 Å². The monoisotopic (exact) mass is 377 g/mol. The Labute approximate surface area is 165 Å². The third kappa shape index (κ3) is 3.33. The van der Waals surface area contributed by atoms with E-state index in [1.54, 1.807) is 4.90 Å². The molecule has 5 nitrogen and oxygen atoms in total. The van der Waals surface area contributed by atoms with Gasteiger partial charge in [-0.2, -0.15) is 0 Å². The van der Waals surface area contributed by atoms with Crippen molar-refractivity contribution in [1.82, 2.24) is 9.88 Å². The molecular formula is C23H27N3O2. The first-order chi connectivity index (χ1) is 13.5. The van der Waals surface area contributed by atoms with Crippen molar-refractivity contribution >= 4 is 22.5 Å². The molecule has 0 bridgehead atoms. The molecule has 1 N–H and O–H groups in total. The van der Waals surface area contributed by atoms with E-state index in [9.17, 15) is 4.79 Å². The number of H-pyrrole nitrogens is 1. The molecule has 0 unspecified atom stereocenters. The van der Waals surface area contributed by atoms with E-state index in [1.165, 1.54) is 11.1 Å². The van der Waals surface area contributed by atoms with Crippen LogP contribution in [-0.4, -0.2) is 48.6 Å². The van der Waals surface area contributed by atoms with Gasteiger partial charge in [-0.05, 0) is 56.2 Å². The number of nitrogens with zero attached hydrogens (tertiary/aromatic N) is 2. The number of carbonyl (C=O) groups is 1. The van der Waals surface area contributed by atoms with Gasteiger partial charge >= 0.3 is 0 Å². The van der Waals surface area contributed by atoms with Gasteiger partial charge in [-0.15, -0.1) is 0 Å². The number of nitrogens with one attached hydrogen (secondary N) is 1. The molecule has 1 aromatic heterocycles. The number of benzene rings is 2. The number of carbonyl (C=O) groups excluding carboxylic acids is 1. The number of ether oxygens (including phenoxy) is 1. The van der Waals surface area contributed by atoms with Gasteiger partial charge in [0.05, 0.1) is 18.8 Å². The lowest BCUT2D eigenvalue weighted by Crippen LogP contribution is -2.46. The van der Waals surface area contributed by atoms with Crippen molar-refractivity contribution in [2.75, 3.05) is 31.6 Å². The maximum Gasteiger partial charge on any atom is 0.270 e. The summed E-state index contributed by atoms with van der Waals surface area (Å²) < 4.78 is 6.17. The summed E-state index contributed by atoms with van der Waals surface area (Å²) >= 11 is 0. The average Bonchev–Trinajstić information content (AvgIpc) is 3.11. The molecule has 1 aliphatic heterocycles. The van der Waals surface area contributed by atoms with Crippen LogP contribution in [0.25, 0.3) is 10.9 Å². The number of hydrogen-bond donors (Lipinski definition) is 1. The highest BCUT2D eigenvalue weighted by Crippen LogP contribution is 2.33. The van der Waals surface area contributed by atoms with Crippen LogP contribution in [0, 0.1) is 13.8 Å². The fraction of sp³-hybridized carbons (Fsp3) is 0.348. The van der Waals surface area contributed by atoms with Gasteiger partial charge in [-0.3, -0.25) is 4.79 Å². The van der Waals surface area contributed by atoms with E-state index in [0.29, 0.717) is 12.2 Å². The molecule has 0 spiro atoms. The van der Waals surface area contributed by atoms with Gasteiger partial charge in [0, 0.05) is 24.5 Å². The number of amides is 1. The molecule has 1 aliphatic rings. The minimum Gasteiger partial charge on any atom is -0.485 e. The predicted octanol–water partition coefficient (Wildman–Crippen LogP) is 4.14. The van der Waals surface area contributed by atoms with Crippen LogP contribution < -0.4 is 9.64 Å². The summed E-state index contributed by atoms with van der Waals surface area (Å²) in [4.78, 5) is 20.3. The number of likely N-dealkylation sites (N-methyl/N-ethyl adjacent to an activating group) is 2. The Morgan fingerprint density at radius 2 is 2.04 bits per heavy atom. The number of hydrogen-bond acceptors (Lipinski definition) is 3. The number of aromatic nitrogens is 1. The number of aromatic amines is 1. The van der Waals surface area contributed by atoms with E-state index in [2.05, 4.69) is 48.9 Å². The molecule has 0 saturated heterocycles. The highest BCUT2D eigenvalue weighted by molar-refractivity contribution is 5.98. The summed E-state index contributed by atoms with van der Waals surface area (Å²) in [7, 11) is 1.84. The van der Waals surface area contributed by atoms with Crippen molar-refractivity contribution in [3.63, 3.8) is 0 Å². The van der Waals surface area contributed by atoms with Crippen LogP contribution in [0.15, 0.2) is 42.5 Å². The molecule has 3 aromatic rings. The molecule has 0 fully saturated rings. The molecule has 2 aromatic carbocycles. The Hall–Kier alpha value is -2.95. The first-order valence-corrected chi connectivity index (χ1v) is 9.82. The fourth-order valence-corrected chi connectivity index (χ4v) is 4.08. The lowest BCUT2D eigenvalue weighted by atomic mass is 10.1. The van der Waals surface area contributed by atoms with Gasteiger partial charge in [-0.1, -0.05) is 18.2 Å². The molecule has 5 heteroatoms. The van der Waals surface area contributed by atoms with Crippen LogP contribution in [0.1, 0.15) is 28.5 Å². The zero-order valence-electron chi connectivity index (χ0n) is 17.0. The van der Waals surface area contributed by atoms with E-state index in [1.807, 2.05) is 31.3 Å². The smallest absolute Gasteiger partial charge is 0.270 e. The molecule has 28 heavy (non-hydrogen) atoms. The summed E-state index contributed by atoms with van der Waals surface area (Å²) in [5, 5.41) is 1.10. The molecule has 4 rings (SSSR count). The van der Waals surface area contributed by atoms with Crippen molar-refractivity contribution in [2.45, 2.75) is 26.9 Å². The van der Waals surface area contributed by atoms with Crippen molar-refractivity contribution in [3.05, 3.63) is 59.3 Å². The first-order valence-electron chi connectivity index (χ1n) is 9.82. The number of fused-ring (bicyclic) bond motifs is 2. The molecule has 2 heterocycles. The van der Waals surface area contributed by atoms with Crippen LogP contribution in [0.4, 0.5) is 5.69 Å². The summed E-state index contributed by atoms with van der Waals surface area (Å²) in [6.45, 7) is 8.51. The maximum atomic E-state index is 13.0. The minimum absolute atomic E-state index is 0.0150. The molecule has 1 atom stereocenters. The zero-order valence-corrected chi connectivity index (χ0v) is 17.0. The normalized spacial score (nSPS) is 16.0. The SMILES string of the molecule is CCN1C[C@@H](CN(C)C(=O)c2cc3c(C)cc(C)cc3[nH]2)Oc2ccccc21. The number of para-hydroxylation sites is 2. The Bertz CT molecular complexity index is 1020. The lowest BCUT2D eigenvalue weighted by molar-refractivity contribution is 0.0705. The molecule has 1 amide bonds. The lowest BCUT2D eigenvalue weighted by Gasteiger charge is -2.37. The molecular weight excluding hydrogens is 350 g/mol. The molecule has 0 radical (unpaired) electrons. The predicted molar refractivity (Wildman–Crippen MR) is 113 cm³/mol. The minimum atomic E-state index is -0.0582.